The maximum Gasteiger partial charge on any atom is 0.228 e. The van der Waals surface area contributed by atoms with Gasteiger partial charge in [-0.15, -0.1) is 0 Å². The molecule has 110 valence electrons. The van der Waals surface area contributed by atoms with Crippen molar-refractivity contribution >= 4 is 17.6 Å². The first kappa shape index (κ1) is 13.8. The Balaban J connectivity index is 1.82. The van der Waals surface area contributed by atoms with Crippen LogP contribution in [0.2, 0.25) is 0 Å². The zero-order valence-corrected chi connectivity index (χ0v) is 11.5. The van der Waals surface area contributed by atoms with E-state index >= 15 is 0 Å². The monoisotopic (exact) mass is 288 g/mol. The molecule has 21 heavy (non-hydrogen) atoms. The van der Waals surface area contributed by atoms with E-state index < -0.39 is 17.8 Å². The molecule has 2 aliphatic rings. The predicted octanol–water partition coefficient (Wildman–Crippen LogP) is 1.26. The van der Waals surface area contributed by atoms with Gasteiger partial charge in [0.05, 0.1) is 5.92 Å². The van der Waals surface area contributed by atoms with Gasteiger partial charge in [0.2, 0.25) is 5.91 Å². The molecular weight excluding hydrogens is 273 g/mol. The first-order chi connectivity index (χ1) is 9.97. The van der Waals surface area contributed by atoms with Crippen molar-refractivity contribution in [2.45, 2.75) is 13.3 Å². The lowest BCUT2D eigenvalue weighted by atomic mass is 9.82. The van der Waals surface area contributed by atoms with Crippen LogP contribution >= 0.6 is 0 Å². The van der Waals surface area contributed by atoms with Gasteiger partial charge in [-0.1, -0.05) is 12.2 Å². The third kappa shape index (κ3) is 2.33. The molecule has 0 spiro atoms. The summed E-state index contributed by atoms with van der Waals surface area (Å²) in [5, 5.41) is 14.0. The molecule has 1 fully saturated rings. The van der Waals surface area contributed by atoms with Crippen LogP contribution in [0.1, 0.15) is 12.0 Å². The number of rotatable bonds is 3. The lowest BCUT2D eigenvalue weighted by molar-refractivity contribution is -0.313. The molecule has 0 aromatic heterocycles. The van der Waals surface area contributed by atoms with Crippen molar-refractivity contribution in [1.82, 2.24) is 0 Å². The first-order valence-electron chi connectivity index (χ1n) is 6.93. The Kier molecular flexibility index (Phi) is 3.27. The minimum Gasteiger partial charge on any atom is -0.550 e. The summed E-state index contributed by atoms with van der Waals surface area (Å²) in [4.78, 5) is 23.7. The van der Waals surface area contributed by atoms with Crippen molar-refractivity contribution in [3.8, 4) is 0 Å². The van der Waals surface area contributed by atoms with Gasteiger partial charge in [-0.05, 0) is 48.9 Å². The summed E-state index contributed by atoms with van der Waals surface area (Å²) in [7, 11) is 0. The van der Waals surface area contributed by atoms with Gasteiger partial charge in [0.15, 0.2) is 0 Å². The maximum atomic E-state index is 13.1. The summed E-state index contributed by atoms with van der Waals surface area (Å²) in [6.07, 6.45) is 4.45. The molecule has 0 unspecified atom stereocenters. The Morgan fingerprint density at radius 1 is 1.24 bits per heavy atom. The topological polar surface area (TPSA) is 69.2 Å². The number of amides is 1. The highest BCUT2D eigenvalue weighted by Crippen LogP contribution is 2.48. The van der Waals surface area contributed by atoms with E-state index in [0.717, 1.165) is 0 Å². The van der Waals surface area contributed by atoms with E-state index in [0.29, 0.717) is 17.7 Å². The fourth-order valence-corrected chi connectivity index (χ4v) is 3.48. The third-order valence-electron chi connectivity index (χ3n) is 4.48. The molecule has 0 heterocycles. The summed E-state index contributed by atoms with van der Waals surface area (Å²) < 4.78 is 13.1. The van der Waals surface area contributed by atoms with Crippen LogP contribution in [0.5, 0.6) is 0 Å². The lowest BCUT2D eigenvalue weighted by Gasteiger charge is -2.28. The van der Waals surface area contributed by atoms with Crippen molar-refractivity contribution in [1.29, 1.82) is 0 Å². The van der Waals surface area contributed by atoms with E-state index in [-0.39, 0.29) is 23.6 Å². The summed E-state index contributed by atoms with van der Waals surface area (Å²) in [6, 6.07) is 4.08. The quantitative estimate of drug-likeness (QED) is 0.851. The molecule has 1 aromatic carbocycles. The number of aryl methyl sites for hydroxylation is 1. The second kappa shape index (κ2) is 4.98. The minimum absolute atomic E-state index is 0.0568. The third-order valence-corrected chi connectivity index (χ3v) is 4.48. The van der Waals surface area contributed by atoms with Crippen LogP contribution in [0.25, 0.3) is 0 Å². The summed E-state index contributed by atoms with van der Waals surface area (Å²) in [5.41, 5.74) is 1.11. The second-order valence-electron chi connectivity index (χ2n) is 5.77. The van der Waals surface area contributed by atoms with Crippen LogP contribution < -0.4 is 10.4 Å². The Labute approximate surface area is 121 Å². The SMILES string of the molecule is Cc1cc(F)ccc1NC(=O)[C@@H]1[C@@H](C(=O)[O-])[C@H]2C=C[C@H]1C2. The number of carboxylic acids is 1. The van der Waals surface area contributed by atoms with Gasteiger partial charge < -0.3 is 15.2 Å². The smallest absolute Gasteiger partial charge is 0.228 e. The molecule has 5 heteroatoms. The van der Waals surface area contributed by atoms with Crippen LogP contribution in [-0.2, 0) is 9.59 Å². The average molecular weight is 288 g/mol. The van der Waals surface area contributed by atoms with Gasteiger partial charge in [-0.2, -0.15) is 0 Å². The molecule has 4 nitrogen and oxygen atoms in total. The Morgan fingerprint density at radius 3 is 2.52 bits per heavy atom. The molecule has 3 rings (SSSR count). The average Bonchev–Trinajstić information content (AvgIpc) is 3.02. The van der Waals surface area contributed by atoms with Crippen molar-refractivity contribution in [2.75, 3.05) is 5.32 Å². The number of carboxylic acid groups (broad SMARTS) is 1. The standard InChI is InChI=1S/C16H16FNO3/c1-8-6-11(17)4-5-12(8)18-15(19)13-9-2-3-10(7-9)14(13)16(20)21/h2-6,9-10,13-14H,7H2,1H3,(H,18,19)(H,20,21)/p-1/t9-,10-,13-,14-/m0/s1. The molecule has 0 radical (unpaired) electrons. The van der Waals surface area contributed by atoms with Crippen molar-refractivity contribution in [3.63, 3.8) is 0 Å². The molecule has 0 aliphatic heterocycles. The number of fused-ring (bicyclic) bond motifs is 2. The van der Waals surface area contributed by atoms with E-state index in [9.17, 15) is 19.1 Å². The summed E-state index contributed by atoms with van der Waals surface area (Å²) in [5.74, 6) is -3.46. The fourth-order valence-electron chi connectivity index (χ4n) is 3.48. The number of allylic oxidation sites excluding steroid dienone is 2. The Morgan fingerprint density at radius 2 is 1.90 bits per heavy atom. The Hall–Kier alpha value is -2.17. The van der Waals surface area contributed by atoms with Crippen molar-refractivity contribution in [2.24, 2.45) is 23.7 Å². The highest BCUT2D eigenvalue weighted by Gasteiger charge is 2.48. The number of carbonyl (C=O) groups excluding carboxylic acids is 2. The molecule has 4 atom stereocenters. The number of hydrogen-bond donors (Lipinski definition) is 1. The van der Waals surface area contributed by atoms with Crippen molar-refractivity contribution < 1.29 is 19.1 Å². The van der Waals surface area contributed by atoms with E-state index in [1.807, 2.05) is 12.2 Å². The van der Waals surface area contributed by atoms with E-state index in [2.05, 4.69) is 5.32 Å². The van der Waals surface area contributed by atoms with Gasteiger partial charge in [-0.3, -0.25) is 4.79 Å². The van der Waals surface area contributed by atoms with Crippen LogP contribution in [0, 0.1) is 36.4 Å². The number of nitrogens with one attached hydrogen (secondary N) is 1. The number of halogens is 1. The summed E-state index contributed by atoms with van der Waals surface area (Å²) >= 11 is 0. The molecule has 1 saturated carbocycles. The largest absolute Gasteiger partial charge is 0.550 e. The first-order valence-corrected chi connectivity index (χ1v) is 6.93. The molecule has 1 aromatic rings. The highest BCUT2D eigenvalue weighted by atomic mass is 19.1. The van der Waals surface area contributed by atoms with E-state index in [1.165, 1.54) is 18.2 Å². The number of carbonyl (C=O) groups is 2. The van der Waals surface area contributed by atoms with Gasteiger partial charge in [0, 0.05) is 17.6 Å². The van der Waals surface area contributed by atoms with Crippen molar-refractivity contribution in [3.05, 3.63) is 41.7 Å². The van der Waals surface area contributed by atoms with Crippen LogP contribution in [0.3, 0.4) is 0 Å². The van der Waals surface area contributed by atoms with E-state index in [4.69, 9.17) is 0 Å². The summed E-state index contributed by atoms with van der Waals surface area (Å²) in [6.45, 7) is 1.69. The number of aliphatic carboxylic acids is 1. The minimum atomic E-state index is -1.18. The zero-order chi connectivity index (χ0) is 15.1. The fraction of sp³-hybridized carbons (Fsp3) is 0.375. The molecule has 2 bridgehead atoms. The van der Waals surface area contributed by atoms with Crippen LogP contribution in [0.15, 0.2) is 30.4 Å². The molecular formula is C16H15FNO3-. The van der Waals surface area contributed by atoms with Gasteiger partial charge in [0.1, 0.15) is 5.82 Å². The number of benzene rings is 1. The zero-order valence-electron chi connectivity index (χ0n) is 11.5. The van der Waals surface area contributed by atoms with E-state index in [1.54, 1.807) is 6.92 Å². The second-order valence-corrected chi connectivity index (χ2v) is 5.77. The molecule has 1 amide bonds. The number of anilines is 1. The highest BCUT2D eigenvalue weighted by molar-refractivity contribution is 5.96. The van der Waals surface area contributed by atoms with Gasteiger partial charge in [-0.25, -0.2) is 4.39 Å². The lowest BCUT2D eigenvalue weighted by Crippen LogP contribution is -2.42. The normalized spacial score (nSPS) is 29.6. The maximum absolute atomic E-state index is 13.1. The molecule has 0 saturated heterocycles. The molecule has 1 N–H and O–H groups in total. The van der Waals surface area contributed by atoms with Gasteiger partial charge in [0.25, 0.3) is 0 Å². The van der Waals surface area contributed by atoms with Crippen LogP contribution in [0.4, 0.5) is 10.1 Å². The van der Waals surface area contributed by atoms with Gasteiger partial charge >= 0.3 is 0 Å². The Bertz CT molecular complexity index is 640. The number of hydrogen-bond acceptors (Lipinski definition) is 3. The van der Waals surface area contributed by atoms with Crippen LogP contribution in [-0.4, -0.2) is 11.9 Å². The predicted molar refractivity (Wildman–Crippen MR) is 72.5 cm³/mol. The molecule has 2 aliphatic carbocycles.